The summed E-state index contributed by atoms with van der Waals surface area (Å²) in [4.78, 5) is 12.3. The van der Waals surface area contributed by atoms with Gasteiger partial charge in [0.1, 0.15) is 11.5 Å². The molecule has 0 spiro atoms. The second kappa shape index (κ2) is 8.00. The molecule has 1 N–H and O–H groups in total. The molecule has 0 aliphatic rings. The third-order valence-corrected chi connectivity index (χ3v) is 4.85. The molecule has 1 aromatic heterocycles. The van der Waals surface area contributed by atoms with E-state index in [9.17, 15) is 4.79 Å². The van der Waals surface area contributed by atoms with Crippen LogP contribution in [0.3, 0.4) is 0 Å². The van der Waals surface area contributed by atoms with Gasteiger partial charge in [-0.2, -0.15) is 0 Å². The lowest BCUT2D eigenvalue weighted by atomic mass is 10.2. The molecule has 2 aromatic rings. The van der Waals surface area contributed by atoms with Crippen LogP contribution in [0.2, 0.25) is 0 Å². The van der Waals surface area contributed by atoms with Gasteiger partial charge in [0, 0.05) is 17.4 Å². The lowest BCUT2D eigenvalue weighted by Crippen LogP contribution is -2.12. The largest absolute Gasteiger partial charge is 0.497 e. The molecule has 22 heavy (non-hydrogen) atoms. The van der Waals surface area contributed by atoms with Crippen molar-refractivity contribution in [1.82, 2.24) is 10.2 Å². The van der Waals surface area contributed by atoms with Crippen molar-refractivity contribution in [2.24, 2.45) is 0 Å². The summed E-state index contributed by atoms with van der Waals surface area (Å²) in [6.45, 7) is 2.10. The molecule has 2 rings (SSSR count). The highest BCUT2D eigenvalue weighted by Gasteiger charge is 2.13. The Labute approximate surface area is 137 Å². The van der Waals surface area contributed by atoms with E-state index in [1.807, 2.05) is 0 Å². The number of benzene rings is 1. The van der Waals surface area contributed by atoms with Gasteiger partial charge in [-0.15, -0.1) is 10.2 Å². The van der Waals surface area contributed by atoms with Crippen molar-refractivity contribution < 1.29 is 14.3 Å². The van der Waals surface area contributed by atoms with Gasteiger partial charge in [-0.1, -0.05) is 30.0 Å². The van der Waals surface area contributed by atoms with Gasteiger partial charge in [0.05, 0.1) is 14.2 Å². The number of aromatic nitrogens is 2. The van der Waals surface area contributed by atoms with Crippen molar-refractivity contribution in [3.05, 3.63) is 23.8 Å². The average molecular weight is 339 g/mol. The number of hydrogen-bond acceptors (Lipinski definition) is 7. The molecule has 0 saturated carbocycles. The standard InChI is InChI=1S/C14H17N3O3S2/c1-4-5-21-14-17-16-13(22-14)15-12(18)9-6-10(19-2)8-11(7-9)20-3/h6-8H,4-5H2,1-3H3,(H,15,16,18). The molecule has 0 atom stereocenters. The minimum absolute atomic E-state index is 0.277. The van der Waals surface area contributed by atoms with Crippen LogP contribution in [0.5, 0.6) is 11.5 Å². The van der Waals surface area contributed by atoms with Crippen molar-refractivity contribution in [3.8, 4) is 11.5 Å². The van der Waals surface area contributed by atoms with E-state index in [1.165, 1.54) is 11.3 Å². The quantitative estimate of drug-likeness (QED) is 0.616. The number of hydrogen-bond donors (Lipinski definition) is 1. The van der Waals surface area contributed by atoms with E-state index >= 15 is 0 Å². The Morgan fingerprint density at radius 3 is 2.50 bits per heavy atom. The summed E-state index contributed by atoms with van der Waals surface area (Å²) in [5.74, 6) is 1.82. The summed E-state index contributed by atoms with van der Waals surface area (Å²) in [6.07, 6.45) is 1.07. The maximum Gasteiger partial charge on any atom is 0.257 e. The zero-order valence-corrected chi connectivity index (χ0v) is 14.2. The van der Waals surface area contributed by atoms with Crippen LogP contribution >= 0.6 is 23.1 Å². The summed E-state index contributed by atoms with van der Waals surface area (Å²) in [6, 6.07) is 5.00. The fraction of sp³-hybridized carbons (Fsp3) is 0.357. The number of carbonyl (C=O) groups excluding carboxylic acids is 1. The van der Waals surface area contributed by atoms with Gasteiger partial charge in [-0.25, -0.2) is 0 Å². The van der Waals surface area contributed by atoms with E-state index in [2.05, 4.69) is 22.4 Å². The van der Waals surface area contributed by atoms with Gasteiger partial charge in [-0.3, -0.25) is 10.1 Å². The molecular formula is C14H17N3O3S2. The fourth-order valence-corrected chi connectivity index (χ4v) is 3.29. The van der Waals surface area contributed by atoms with Crippen LogP contribution in [-0.4, -0.2) is 36.1 Å². The van der Waals surface area contributed by atoms with E-state index in [1.54, 1.807) is 44.2 Å². The van der Waals surface area contributed by atoms with Crippen molar-refractivity contribution in [1.29, 1.82) is 0 Å². The number of carbonyl (C=O) groups is 1. The van der Waals surface area contributed by atoms with Gasteiger partial charge >= 0.3 is 0 Å². The smallest absolute Gasteiger partial charge is 0.257 e. The van der Waals surface area contributed by atoms with E-state index in [0.717, 1.165) is 16.5 Å². The van der Waals surface area contributed by atoms with Crippen molar-refractivity contribution in [2.45, 2.75) is 17.7 Å². The van der Waals surface area contributed by atoms with E-state index in [0.29, 0.717) is 22.2 Å². The molecule has 0 radical (unpaired) electrons. The first-order valence-corrected chi connectivity index (χ1v) is 8.47. The summed E-state index contributed by atoms with van der Waals surface area (Å²) in [5, 5.41) is 11.2. The molecule has 8 heteroatoms. The van der Waals surface area contributed by atoms with Crippen LogP contribution in [0.15, 0.2) is 22.5 Å². The fourth-order valence-electron chi connectivity index (χ4n) is 1.62. The molecule has 0 aliphatic carbocycles. The molecular weight excluding hydrogens is 322 g/mol. The highest BCUT2D eigenvalue weighted by molar-refractivity contribution is 8.01. The van der Waals surface area contributed by atoms with Gasteiger partial charge in [0.25, 0.3) is 5.91 Å². The van der Waals surface area contributed by atoms with E-state index in [4.69, 9.17) is 9.47 Å². The van der Waals surface area contributed by atoms with Gasteiger partial charge in [-0.05, 0) is 18.6 Å². The number of thioether (sulfide) groups is 1. The van der Waals surface area contributed by atoms with Crippen LogP contribution in [0, 0.1) is 0 Å². The Bertz CT molecular complexity index is 624. The molecule has 6 nitrogen and oxygen atoms in total. The van der Waals surface area contributed by atoms with Crippen LogP contribution in [0.4, 0.5) is 5.13 Å². The van der Waals surface area contributed by atoms with Gasteiger partial charge in [0.2, 0.25) is 5.13 Å². The lowest BCUT2D eigenvalue weighted by molar-refractivity contribution is 0.102. The maximum atomic E-state index is 12.3. The zero-order valence-electron chi connectivity index (χ0n) is 12.6. The third-order valence-electron chi connectivity index (χ3n) is 2.67. The summed E-state index contributed by atoms with van der Waals surface area (Å²) in [7, 11) is 3.08. The SMILES string of the molecule is CCCSc1nnc(NC(=O)c2cc(OC)cc(OC)c2)s1. The Kier molecular flexibility index (Phi) is 6.02. The first-order valence-electron chi connectivity index (χ1n) is 6.67. The lowest BCUT2D eigenvalue weighted by Gasteiger charge is -2.07. The third kappa shape index (κ3) is 4.35. The average Bonchev–Trinajstić information content (AvgIpc) is 2.99. The Morgan fingerprint density at radius 1 is 1.23 bits per heavy atom. The number of nitrogens with zero attached hydrogens (tertiary/aromatic N) is 2. The summed E-state index contributed by atoms with van der Waals surface area (Å²) in [5.41, 5.74) is 0.439. The molecule has 0 unspecified atom stereocenters. The zero-order chi connectivity index (χ0) is 15.9. The second-order valence-corrected chi connectivity index (χ2v) is 6.60. The first-order chi connectivity index (χ1) is 10.7. The van der Waals surface area contributed by atoms with Gasteiger partial charge in [0.15, 0.2) is 4.34 Å². The number of rotatable bonds is 7. The predicted molar refractivity (Wildman–Crippen MR) is 88.4 cm³/mol. The molecule has 118 valence electrons. The maximum absolute atomic E-state index is 12.3. The number of ether oxygens (including phenoxy) is 2. The molecule has 0 fully saturated rings. The van der Waals surface area contributed by atoms with E-state index in [-0.39, 0.29) is 5.91 Å². The highest BCUT2D eigenvalue weighted by atomic mass is 32.2. The van der Waals surface area contributed by atoms with Crippen molar-refractivity contribution in [2.75, 3.05) is 25.3 Å². The molecule has 1 aromatic carbocycles. The van der Waals surface area contributed by atoms with Crippen LogP contribution < -0.4 is 14.8 Å². The minimum Gasteiger partial charge on any atom is -0.497 e. The van der Waals surface area contributed by atoms with Crippen LogP contribution in [-0.2, 0) is 0 Å². The molecule has 0 aliphatic heterocycles. The molecule has 1 heterocycles. The van der Waals surface area contributed by atoms with E-state index < -0.39 is 0 Å². The molecule has 1 amide bonds. The van der Waals surface area contributed by atoms with Crippen molar-refractivity contribution in [3.63, 3.8) is 0 Å². The number of nitrogens with one attached hydrogen (secondary N) is 1. The Balaban J connectivity index is 2.09. The Hall–Kier alpha value is -1.80. The number of methoxy groups -OCH3 is 2. The number of anilines is 1. The van der Waals surface area contributed by atoms with Crippen LogP contribution in [0.25, 0.3) is 0 Å². The Morgan fingerprint density at radius 2 is 1.91 bits per heavy atom. The van der Waals surface area contributed by atoms with Crippen molar-refractivity contribution >= 4 is 34.1 Å². The highest BCUT2D eigenvalue weighted by Crippen LogP contribution is 2.27. The summed E-state index contributed by atoms with van der Waals surface area (Å²) < 4.78 is 11.2. The molecule has 0 saturated heterocycles. The predicted octanol–water partition coefficient (Wildman–Crippen LogP) is 3.31. The normalized spacial score (nSPS) is 10.3. The number of amides is 1. The first kappa shape index (κ1) is 16.6. The topological polar surface area (TPSA) is 73.3 Å². The van der Waals surface area contributed by atoms with Gasteiger partial charge < -0.3 is 9.47 Å². The second-order valence-electron chi connectivity index (χ2n) is 4.28. The minimum atomic E-state index is -0.277. The monoisotopic (exact) mass is 339 g/mol. The van der Waals surface area contributed by atoms with Crippen LogP contribution in [0.1, 0.15) is 23.7 Å². The molecule has 0 bridgehead atoms. The summed E-state index contributed by atoms with van der Waals surface area (Å²) >= 11 is 2.99.